The molecule has 1 fully saturated rings. The Morgan fingerprint density at radius 2 is 1.81 bits per heavy atom. The van der Waals surface area contributed by atoms with E-state index in [0.29, 0.717) is 34.6 Å². The first-order valence-electron chi connectivity index (χ1n) is 10.3. The fraction of sp³-hybridized carbons (Fsp3) is 0.217. The van der Waals surface area contributed by atoms with Crippen molar-refractivity contribution in [3.05, 3.63) is 70.1 Å². The Morgan fingerprint density at radius 1 is 1.03 bits per heavy atom. The lowest BCUT2D eigenvalue weighted by molar-refractivity contribution is 0.0749. The van der Waals surface area contributed by atoms with Crippen LogP contribution in [0.4, 0.5) is 11.5 Å². The molecule has 0 unspecified atom stereocenters. The van der Waals surface area contributed by atoms with E-state index in [-0.39, 0.29) is 17.5 Å². The predicted octanol–water partition coefficient (Wildman–Crippen LogP) is 4.42. The summed E-state index contributed by atoms with van der Waals surface area (Å²) in [5, 5.41) is 4.81. The Morgan fingerprint density at radius 3 is 2.53 bits per heavy atom. The third kappa shape index (κ3) is 3.60. The van der Waals surface area contributed by atoms with E-state index >= 15 is 0 Å². The number of hydrogen-bond donors (Lipinski definition) is 0. The molecule has 0 saturated carbocycles. The highest BCUT2D eigenvalue weighted by Gasteiger charge is 2.27. The molecule has 0 radical (unpaired) electrons. The number of nitroso groups, excluding NO2 is 1. The molecule has 4 aromatic rings. The van der Waals surface area contributed by atoms with Gasteiger partial charge in [-0.05, 0) is 35.9 Å². The highest BCUT2D eigenvalue weighted by molar-refractivity contribution is 7.18. The molecule has 32 heavy (non-hydrogen) atoms. The number of fused-ring (bicyclic) bond motifs is 1. The largest absolute Gasteiger partial charge is 0.368 e. The third-order valence-electron chi connectivity index (χ3n) is 5.63. The zero-order valence-corrected chi connectivity index (χ0v) is 18.2. The molecule has 160 valence electrons. The fourth-order valence-electron chi connectivity index (χ4n) is 3.97. The number of rotatable bonds is 4. The number of aromatic nitrogens is 3. The van der Waals surface area contributed by atoms with Gasteiger partial charge in [0.1, 0.15) is 15.9 Å². The van der Waals surface area contributed by atoms with Gasteiger partial charge in [0, 0.05) is 43.4 Å². The maximum atomic E-state index is 13.4. The number of para-hydroxylation sites is 1. The zero-order valence-electron chi connectivity index (χ0n) is 17.4. The summed E-state index contributed by atoms with van der Waals surface area (Å²) in [6.07, 6.45) is 1.63. The summed E-state index contributed by atoms with van der Waals surface area (Å²) < 4.78 is 0.515. The zero-order chi connectivity index (χ0) is 22.1. The molecule has 0 N–H and O–H groups in total. The van der Waals surface area contributed by atoms with Crippen LogP contribution < -0.4 is 4.90 Å². The van der Waals surface area contributed by atoms with Crippen molar-refractivity contribution in [3.8, 4) is 11.5 Å². The second-order valence-corrected chi connectivity index (χ2v) is 8.45. The highest BCUT2D eigenvalue weighted by atomic mass is 32.1. The minimum atomic E-state index is -0.0943. The van der Waals surface area contributed by atoms with Gasteiger partial charge in [-0.2, -0.15) is 0 Å². The van der Waals surface area contributed by atoms with Gasteiger partial charge in [0.15, 0.2) is 5.82 Å². The molecule has 4 heterocycles. The van der Waals surface area contributed by atoms with Crippen molar-refractivity contribution in [3.63, 3.8) is 0 Å². The Kier molecular flexibility index (Phi) is 5.32. The molecule has 5 rings (SSSR count). The molecular formula is C23H20N6O2S. The van der Waals surface area contributed by atoms with Crippen molar-refractivity contribution in [1.82, 2.24) is 19.9 Å². The van der Waals surface area contributed by atoms with Crippen molar-refractivity contribution in [2.24, 2.45) is 5.18 Å². The van der Waals surface area contributed by atoms with E-state index < -0.39 is 0 Å². The van der Waals surface area contributed by atoms with Gasteiger partial charge in [-0.25, -0.2) is 9.97 Å². The van der Waals surface area contributed by atoms with Crippen LogP contribution in [-0.2, 0) is 0 Å². The van der Waals surface area contributed by atoms with Gasteiger partial charge < -0.3 is 9.80 Å². The molecule has 1 aromatic carbocycles. The Labute approximate surface area is 188 Å². The quantitative estimate of drug-likeness (QED) is 0.433. The lowest BCUT2D eigenvalue weighted by atomic mass is 10.1. The second-order valence-electron chi connectivity index (χ2n) is 7.57. The van der Waals surface area contributed by atoms with Crippen LogP contribution in [0.3, 0.4) is 0 Å². The summed E-state index contributed by atoms with van der Waals surface area (Å²) in [6.45, 7) is 4.84. The minimum absolute atomic E-state index is 0.0316. The average Bonchev–Trinajstić information content (AvgIpc) is 3.28. The maximum absolute atomic E-state index is 13.4. The number of aryl methyl sites for hydroxylation is 1. The smallest absolute Gasteiger partial charge is 0.257 e. The molecular weight excluding hydrogens is 424 g/mol. The first-order chi connectivity index (χ1) is 15.7. The molecule has 0 atom stereocenters. The summed E-state index contributed by atoms with van der Waals surface area (Å²) in [7, 11) is 0. The van der Waals surface area contributed by atoms with Gasteiger partial charge in [-0.1, -0.05) is 24.3 Å². The number of carbonyl (C=O) groups is 1. The normalized spacial score (nSPS) is 14.0. The number of pyridine rings is 1. The molecule has 1 amide bonds. The monoisotopic (exact) mass is 444 g/mol. The van der Waals surface area contributed by atoms with E-state index in [0.717, 1.165) is 13.1 Å². The van der Waals surface area contributed by atoms with Crippen molar-refractivity contribution in [2.75, 3.05) is 31.1 Å². The Balaban J connectivity index is 1.43. The van der Waals surface area contributed by atoms with Crippen LogP contribution in [0.1, 0.15) is 15.9 Å². The van der Waals surface area contributed by atoms with E-state index in [4.69, 9.17) is 0 Å². The maximum Gasteiger partial charge on any atom is 0.257 e. The molecule has 1 saturated heterocycles. The SMILES string of the molecule is Cc1ccccc1N1CCN(C(=O)c2csc3c(N=O)nc(-c4ccccn4)nc23)CC1. The molecule has 1 aliphatic rings. The Bertz CT molecular complexity index is 1300. The van der Waals surface area contributed by atoms with Gasteiger partial charge in [0.25, 0.3) is 5.91 Å². The number of nitrogens with zero attached hydrogens (tertiary/aromatic N) is 6. The molecule has 8 nitrogen and oxygen atoms in total. The van der Waals surface area contributed by atoms with Crippen LogP contribution in [0.25, 0.3) is 21.7 Å². The minimum Gasteiger partial charge on any atom is -0.368 e. The highest BCUT2D eigenvalue weighted by Crippen LogP contribution is 2.34. The van der Waals surface area contributed by atoms with Crippen LogP contribution in [0.2, 0.25) is 0 Å². The first kappa shape index (κ1) is 20.2. The van der Waals surface area contributed by atoms with E-state index in [1.807, 2.05) is 23.1 Å². The number of amides is 1. The van der Waals surface area contributed by atoms with Gasteiger partial charge in [0.05, 0.1) is 5.56 Å². The topological polar surface area (TPSA) is 91.7 Å². The van der Waals surface area contributed by atoms with Crippen molar-refractivity contribution in [2.45, 2.75) is 6.92 Å². The fourth-order valence-corrected chi connectivity index (χ4v) is 4.87. The molecule has 3 aromatic heterocycles. The van der Waals surface area contributed by atoms with E-state index in [9.17, 15) is 9.70 Å². The predicted molar refractivity (Wildman–Crippen MR) is 125 cm³/mol. The van der Waals surface area contributed by atoms with Crippen LogP contribution in [0.15, 0.2) is 59.2 Å². The van der Waals surface area contributed by atoms with Crippen molar-refractivity contribution >= 4 is 39.0 Å². The van der Waals surface area contributed by atoms with E-state index in [2.05, 4.69) is 44.1 Å². The molecule has 9 heteroatoms. The van der Waals surface area contributed by atoms with E-state index in [1.54, 1.807) is 23.7 Å². The number of piperazine rings is 1. The van der Waals surface area contributed by atoms with Crippen LogP contribution in [0, 0.1) is 11.8 Å². The standard InChI is InChI=1S/C23H20N6O2S/c1-15-6-2-3-8-18(15)28-10-12-29(13-11-28)23(30)16-14-32-20-19(16)25-21(26-22(20)27-31)17-7-4-5-9-24-17/h2-9,14H,10-13H2,1H3. The summed E-state index contributed by atoms with van der Waals surface area (Å²) >= 11 is 1.26. The van der Waals surface area contributed by atoms with Crippen LogP contribution in [-0.4, -0.2) is 51.9 Å². The molecule has 0 aliphatic carbocycles. The Hall–Kier alpha value is -3.72. The lowest BCUT2D eigenvalue weighted by Gasteiger charge is -2.36. The summed E-state index contributed by atoms with van der Waals surface area (Å²) in [4.78, 5) is 42.0. The van der Waals surface area contributed by atoms with Crippen molar-refractivity contribution in [1.29, 1.82) is 0 Å². The molecule has 1 aliphatic heterocycles. The summed E-state index contributed by atoms with van der Waals surface area (Å²) in [5.74, 6) is 0.219. The molecule has 0 bridgehead atoms. The summed E-state index contributed by atoms with van der Waals surface area (Å²) in [6, 6.07) is 13.6. The second kappa shape index (κ2) is 8.43. The molecule has 0 spiro atoms. The number of benzene rings is 1. The van der Waals surface area contributed by atoms with E-state index in [1.165, 1.54) is 22.6 Å². The number of anilines is 1. The third-order valence-corrected chi connectivity index (χ3v) is 6.60. The van der Waals surface area contributed by atoms with Gasteiger partial charge in [-0.15, -0.1) is 16.2 Å². The number of thiophene rings is 1. The lowest BCUT2D eigenvalue weighted by Crippen LogP contribution is -2.49. The van der Waals surface area contributed by atoms with Crippen LogP contribution in [0.5, 0.6) is 0 Å². The van der Waals surface area contributed by atoms with Gasteiger partial charge >= 0.3 is 0 Å². The van der Waals surface area contributed by atoms with Crippen molar-refractivity contribution < 1.29 is 4.79 Å². The first-order valence-corrected chi connectivity index (χ1v) is 11.2. The van der Waals surface area contributed by atoms with Gasteiger partial charge in [-0.3, -0.25) is 9.78 Å². The van der Waals surface area contributed by atoms with Crippen LogP contribution >= 0.6 is 11.3 Å². The summed E-state index contributed by atoms with van der Waals surface area (Å²) in [5.41, 5.74) is 3.87. The number of hydrogen-bond acceptors (Lipinski definition) is 8. The number of carbonyl (C=O) groups excluding carboxylic acids is 1. The van der Waals surface area contributed by atoms with Gasteiger partial charge in [0.2, 0.25) is 5.82 Å². The average molecular weight is 445 g/mol.